The first-order valence-corrected chi connectivity index (χ1v) is 7.51. The summed E-state index contributed by atoms with van der Waals surface area (Å²) in [6.07, 6.45) is 3.11. The van der Waals surface area contributed by atoms with Crippen molar-refractivity contribution in [3.63, 3.8) is 0 Å². The summed E-state index contributed by atoms with van der Waals surface area (Å²) in [6, 6.07) is 5.65. The van der Waals surface area contributed by atoms with Crippen molar-refractivity contribution in [2.75, 3.05) is 13.1 Å². The number of hydrogen-bond acceptors (Lipinski definition) is 4. The van der Waals surface area contributed by atoms with Crippen LogP contribution in [-0.4, -0.2) is 44.6 Å². The summed E-state index contributed by atoms with van der Waals surface area (Å²) in [5, 5.41) is 7.59. The van der Waals surface area contributed by atoms with Gasteiger partial charge in [-0.05, 0) is 25.0 Å². The molecule has 0 saturated carbocycles. The molecule has 7 nitrogen and oxygen atoms in total. The second-order valence-electron chi connectivity index (χ2n) is 6.09. The van der Waals surface area contributed by atoms with Crippen LogP contribution in [-0.2, 0) is 4.79 Å². The number of likely N-dealkylation sites (tertiary alicyclic amines) is 1. The minimum Gasteiger partial charge on any atom is -0.369 e. The van der Waals surface area contributed by atoms with E-state index in [0.717, 1.165) is 11.3 Å². The number of aryl methyl sites for hydroxylation is 1. The molecule has 2 aromatic rings. The van der Waals surface area contributed by atoms with Crippen molar-refractivity contribution in [2.45, 2.75) is 13.8 Å². The van der Waals surface area contributed by atoms with E-state index >= 15 is 0 Å². The molecular formula is C16H19N5O2. The van der Waals surface area contributed by atoms with E-state index in [4.69, 9.17) is 5.73 Å². The first-order valence-electron chi connectivity index (χ1n) is 7.51. The molecule has 1 saturated heterocycles. The van der Waals surface area contributed by atoms with Crippen LogP contribution < -0.4 is 5.73 Å². The van der Waals surface area contributed by atoms with Gasteiger partial charge in [-0.15, -0.1) is 10.2 Å². The molecule has 0 aliphatic carbocycles. The second kappa shape index (κ2) is 5.83. The molecule has 1 aliphatic rings. The Balaban J connectivity index is 1.94. The topological polar surface area (TPSA) is 94.1 Å². The molecule has 120 valence electrons. The fourth-order valence-electron chi connectivity index (χ4n) is 3.04. The van der Waals surface area contributed by atoms with E-state index in [-0.39, 0.29) is 23.7 Å². The van der Waals surface area contributed by atoms with Crippen LogP contribution >= 0.6 is 0 Å². The predicted octanol–water partition coefficient (Wildman–Crippen LogP) is 0.769. The molecule has 2 heterocycles. The van der Waals surface area contributed by atoms with Crippen molar-refractivity contribution in [3.05, 3.63) is 42.0 Å². The van der Waals surface area contributed by atoms with E-state index in [2.05, 4.69) is 10.2 Å². The first kappa shape index (κ1) is 15.2. The summed E-state index contributed by atoms with van der Waals surface area (Å²) in [4.78, 5) is 26.1. The highest BCUT2D eigenvalue weighted by molar-refractivity contribution is 5.98. The number of nitrogens with two attached hydrogens (primary N) is 1. The van der Waals surface area contributed by atoms with E-state index < -0.39 is 0 Å². The number of hydrogen-bond donors (Lipinski definition) is 1. The van der Waals surface area contributed by atoms with Crippen LogP contribution in [0.25, 0.3) is 5.69 Å². The summed E-state index contributed by atoms with van der Waals surface area (Å²) >= 11 is 0. The summed E-state index contributed by atoms with van der Waals surface area (Å²) < 4.78 is 1.71. The SMILES string of the molecule is Cc1ccc(-n2cnnc2)c(C(=O)N2C[C@@H](C)[C@H](C(N)=O)C2)c1. The minimum atomic E-state index is -0.351. The number of aromatic nitrogens is 3. The summed E-state index contributed by atoms with van der Waals surface area (Å²) in [6.45, 7) is 4.78. The number of carbonyl (C=O) groups excluding carboxylic acids is 2. The third-order valence-corrected chi connectivity index (χ3v) is 4.34. The molecule has 2 N–H and O–H groups in total. The fraction of sp³-hybridized carbons (Fsp3) is 0.375. The van der Waals surface area contributed by atoms with E-state index in [1.54, 1.807) is 22.1 Å². The molecule has 1 aromatic heterocycles. The Kier molecular flexibility index (Phi) is 3.85. The highest BCUT2D eigenvalue weighted by Gasteiger charge is 2.36. The highest BCUT2D eigenvalue weighted by Crippen LogP contribution is 2.26. The van der Waals surface area contributed by atoms with Gasteiger partial charge in [-0.1, -0.05) is 18.6 Å². The van der Waals surface area contributed by atoms with Crippen LogP contribution in [0, 0.1) is 18.8 Å². The monoisotopic (exact) mass is 313 g/mol. The number of nitrogens with zero attached hydrogens (tertiary/aromatic N) is 4. The Morgan fingerprint density at radius 1 is 1.22 bits per heavy atom. The lowest BCUT2D eigenvalue weighted by molar-refractivity contribution is -0.122. The Hall–Kier alpha value is -2.70. The van der Waals surface area contributed by atoms with Crippen molar-refractivity contribution in [1.82, 2.24) is 19.7 Å². The quantitative estimate of drug-likeness (QED) is 0.905. The third-order valence-electron chi connectivity index (χ3n) is 4.34. The van der Waals surface area contributed by atoms with Crippen molar-refractivity contribution in [2.24, 2.45) is 17.6 Å². The Morgan fingerprint density at radius 2 is 1.91 bits per heavy atom. The van der Waals surface area contributed by atoms with Gasteiger partial charge in [0.15, 0.2) is 0 Å². The van der Waals surface area contributed by atoms with Gasteiger partial charge >= 0.3 is 0 Å². The second-order valence-corrected chi connectivity index (χ2v) is 6.09. The van der Waals surface area contributed by atoms with Crippen molar-refractivity contribution >= 4 is 11.8 Å². The molecular weight excluding hydrogens is 294 g/mol. The molecule has 1 fully saturated rings. The van der Waals surface area contributed by atoms with Gasteiger partial charge < -0.3 is 10.6 Å². The lowest BCUT2D eigenvalue weighted by Gasteiger charge is -2.19. The highest BCUT2D eigenvalue weighted by atomic mass is 16.2. The van der Waals surface area contributed by atoms with Gasteiger partial charge in [0.1, 0.15) is 12.7 Å². The van der Waals surface area contributed by atoms with Gasteiger partial charge in [0.25, 0.3) is 5.91 Å². The molecule has 3 rings (SSSR count). The smallest absolute Gasteiger partial charge is 0.256 e. The van der Waals surface area contributed by atoms with Crippen molar-refractivity contribution in [3.8, 4) is 5.69 Å². The van der Waals surface area contributed by atoms with E-state index in [0.29, 0.717) is 18.7 Å². The van der Waals surface area contributed by atoms with E-state index in [9.17, 15) is 9.59 Å². The fourth-order valence-corrected chi connectivity index (χ4v) is 3.04. The molecule has 1 aliphatic heterocycles. The first-order chi connectivity index (χ1) is 11.0. The molecule has 0 radical (unpaired) electrons. The Morgan fingerprint density at radius 3 is 2.52 bits per heavy atom. The van der Waals surface area contributed by atoms with E-state index in [1.165, 1.54) is 0 Å². The maximum Gasteiger partial charge on any atom is 0.256 e. The number of benzene rings is 1. The predicted molar refractivity (Wildman–Crippen MR) is 83.8 cm³/mol. The van der Waals surface area contributed by atoms with Gasteiger partial charge in [0.2, 0.25) is 5.91 Å². The lowest BCUT2D eigenvalue weighted by Crippen LogP contribution is -2.32. The molecule has 0 bridgehead atoms. The van der Waals surface area contributed by atoms with Gasteiger partial charge in [-0.3, -0.25) is 14.2 Å². The number of carbonyl (C=O) groups is 2. The minimum absolute atomic E-state index is 0.0691. The van der Waals surface area contributed by atoms with Crippen molar-refractivity contribution < 1.29 is 9.59 Å². The summed E-state index contributed by atoms with van der Waals surface area (Å²) in [5.41, 5.74) is 7.71. The van der Waals surface area contributed by atoms with Crippen LogP contribution in [0.2, 0.25) is 0 Å². The largest absolute Gasteiger partial charge is 0.369 e. The molecule has 0 spiro atoms. The number of primary amides is 1. The maximum atomic E-state index is 12.9. The van der Waals surface area contributed by atoms with Crippen LogP contribution in [0.1, 0.15) is 22.8 Å². The number of rotatable bonds is 3. The number of amides is 2. The zero-order chi connectivity index (χ0) is 16.6. The summed E-state index contributed by atoms with van der Waals surface area (Å²) in [7, 11) is 0. The summed E-state index contributed by atoms with van der Waals surface area (Å²) in [5.74, 6) is -0.675. The van der Waals surface area contributed by atoms with Gasteiger partial charge in [-0.2, -0.15) is 0 Å². The molecule has 2 amide bonds. The molecule has 23 heavy (non-hydrogen) atoms. The molecule has 0 unspecified atom stereocenters. The lowest BCUT2D eigenvalue weighted by atomic mass is 9.98. The van der Waals surface area contributed by atoms with Crippen LogP contribution in [0.15, 0.2) is 30.9 Å². The average Bonchev–Trinajstić information content (AvgIpc) is 3.15. The Labute approximate surface area is 134 Å². The normalized spacial score (nSPS) is 20.7. The van der Waals surface area contributed by atoms with Crippen LogP contribution in [0.4, 0.5) is 0 Å². The van der Waals surface area contributed by atoms with Crippen LogP contribution in [0.5, 0.6) is 0 Å². The van der Waals surface area contributed by atoms with Gasteiger partial charge in [-0.25, -0.2) is 0 Å². The maximum absolute atomic E-state index is 12.9. The average molecular weight is 313 g/mol. The molecule has 2 atom stereocenters. The van der Waals surface area contributed by atoms with Gasteiger partial charge in [0.05, 0.1) is 17.2 Å². The van der Waals surface area contributed by atoms with Crippen molar-refractivity contribution in [1.29, 1.82) is 0 Å². The Bertz CT molecular complexity index is 741. The van der Waals surface area contributed by atoms with Crippen LogP contribution in [0.3, 0.4) is 0 Å². The van der Waals surface area contributed by atoms with E-state index in [1.807, 2.05) is 32.0 Å². The standard InChI is InChI=1S/C16H19N5O2/c1-10-3-4-14(21-8-18-19-9-21)12(5-10)16(23)20-6-11(2)13(7-20)15(17)22/h3-5,8-9,11,13H,6-7H2,1-2H3,(H2,17,22)/t11-,13-/m1/s1. The zero-order valence-corrected chi connectivity index (χ0v) is 13.1. The van der Waals surface area contributed by atoms with Gasteiger partial charge in [0, 0.05) is 13.1 Å². The molecule has 7 heteroatoms. The molecule has 1 aromatic carbocycles. The third kappa shape index (κ3) is 2.81. The zero-order valence-electron chi connectivity index (χ0n) is 13.1.